The van der Waals surface area contributed by atoms with Gasteiger partial charge in [0.2, 0.25) is 0 Å². The summed E-state index contributed by atoms with van der Waals surface area (Å²) < 4.78 is 5.77. The number of morpholine rings is 1. The van der Waals surface area contributed by atoms with E-state index < -0.39 is 0 Å². The van der Waals surface area contributed by atoms with Crippen LogP contribution in [-0.2, 0) is 11.2 Å². The molecule has 0 radical (unpaired) electrons. The van der Waals surface area contributed by atoms with Crippen molar-refractivity contribution in [3.63, 3.8) is 0 Å². The standard InChI is InChI=1S/C24H23N5O2S/c1-17-6-7-18(15-21(17)23-25-10-13-32-23)14-19-16-31-12-11-28(19)24(30)20-4-2-3-5-22(20)29-26-8-9-27-29/h2-10,13,15,19H,11-12,14,16H2,1H3/t19-/m1/s1. The van der Waals surface area contributed by atoms with Crippen LogP contribution < -0.4 is 0 Å². The minimum atomic E-state index is -0.0539. The lowest BCUT2D eigenvalue weighted by atomic mass is 9.98. The molecule has 1 amide bonds. The molecule has 4 aromatic rings. The van der Waals surface area contributed by atoms with Gasteiger partial charge in [0.15, 0.2) is 0 Å². The number of thiazole rings is 1. The second-order valence-electron chi connectivity index (χ2n) is 7.75. The summed E-state index contributed by atoms with van der Waals surface area (Å²) in [6.07, 6.45) is 5.76. The number of carbonyl (C=O) groups is 1. The van der Waals surface area contributed by atoms with Crippen molar-refractivity contribution >= 4 is 17.2 Å². The molecule has 162 valence electrons. The van der Waals surface area contributed by atoms with Gasteiger partial charge in [0.25, 0.3) is 5.91 Å². The molecule has 0 unspecified atom stereocenters. The van der Waals surface area contributed by atoms with Gasteiger partial charge in [0.1, 0.15) is 5.01 Å². The van der Waals surface area contributed by atoms with Crippen LogP contribution in [0.1, 0.15) is 21.5 Å². The molecule has 1 aliphatic heterocycles. The van der Waals surface area contributed by atoms with Gasteiger partial charge in [0.05, 0.1) is 42.9 Å². The summed E-state index contributed by atoms with van der Waals surface area (Å²) in [6.45, 7) is 3.69. The molecule has 1 aliphatic rings. The van der Waals surface area contributed by atoms with E-state index in [4.69, 9.17) is 4.74 Å². The zero-order valence-corrected chi connectivity index (χ0v) is 18.5. The molecule has 0 bridgehead atoms. The maximum atomic E-state index is 13.6. The monoisotopic (exact) mass is 445 g/mol. The topological polar surface area (TPSA) is 73.1 Å². The maximum Gasteiger partial charge on any atom is 0.256 e. The van der Waals surface area contributed by atoms with E-state index in [0.717, 1.165) is 16.1 Å². The first-order chi connectivity index (χ1) is 15.7. The molecule has 0 saturated carbocycles. The van der Waals surface area contributed by atoms with Crippen LogP contribution in [0.3, 0.4) is 0 Å². The van der Waals surface area contributed by atoms with Crippen LogP contribution in [-0.4, -0.2) is 56.6 Å². The fraction of sp³-hybridized carbons (Fsp3) is 0.250. The van der Waals surface area contributed by atoms with Crippen molar-refractivity contribution in [2.75, 3.05) is 19.8 Å². The van der Waals surface area contributed by atoms with Gasteiger partial charge in [0, 0.05) is 23.7 Å². The van der Waals surface area contributed by atoms with Crippen LogP contribution in [0.4, 0.5) is 0 Å². The Morgan fingerprint density at radius 3 is 2.81 bits per heavy atom. The minimum Gasteiger partial charge on any atom is -0.377 e. The molecule has 32 heavy (non-hydrogen) atoms. The van der Waals surface area contributed by atoms with Crippen molar-refractivity contribution in [2.45, 2.75) is 19.4 Å². The average molecular weight is 446 g/mol. The van der Waals surface area contributed by atoms with Gasteiger partial charge < -0.3 is 9.64 Å². The third kappa shape index (κ3) is 4.06. The highest BCUT2D eigenvalue weighted by Crippen LogP contribution is 2.28. The molecular formula is C24H23N5O2S. The van der Waals surface area contributed by atoms with E-state index in [1.54, 1.807) is 23.7 Å². The first-order valence-corrected chi connectivity index (χ1v) is 11.4. The number of ether oxygens (including phenoxy) is 1. The number of hydrogen-bond donors (Lipinski definition) is 0. The van der Waals surface area contributed by atoms with E-state index in [1.807, 2.05) is 40.7 Å². The molecule has 3 heterocycles. The number of para-hydroxylation sites is 1. The van der Waals surface area contributed by atoms with E-state index in [0.29, 0.717) is 37.4 Å². The smallest absolute Gasteiger partial charge is 0.256 e. The third-order valence-corrected chi connectivity index (χ3v) is 6.50. The Kier molecular flexibility index (Phi) is 5.79. The number of aromatic nitrogens is 4. The molecule has 8 heteroatoms. The molecular weight excluding hydrogens is 422 g/mol. The summed E-state index contributed by atoms with van der Waals surface area (Å²) in [5, 5.41) is 11.4. The van der Waals surface area contributed by atoms with E-state index in [2.05, 4.69) is 40.3 Å². The number of nitrogens with zero attached hydrogens (tertiary/aromatic N) is 5. The van der Waals surface area contributed by atoms with Crippen LogP contribution in [0.2, 0.25) is 0 Å². The lowest BCUT2D eigenvalue weighted by Gasteiger charge is -2.36. The summed E-state index contributed by atoms with van der Waals surface area (Å²) in [5.74, 6) is -0.0292. The predicted molar refractivity (Wildman–Crippen MR) is 123 cm³/mol. The lowest BCUT2D eigenvalue weighted by Crippen LogP contribution is -2.50. The van der Waals surface area contributed by atoms with Crippen LogP contribution in [0.15, 0.2) is 66.4 Å². The Hall–Kier alpha value is -3.36. The van der Waals surface area contributed by atoms with E-state index >= 15 is 0 Å². The fourth-order valence-corrected chi connectivity index (χ4v) is 4.79. The van der Waals surface area contributed by atoms with Gasteiger partial charge in [-0.1, -0.05) is 24.3 Å². The van der Waals surface area contributed by atoms with E-state index in [-0.39, 0.29) is 11.9 Å². The Balaban J connectivity index is 1.42. The summed E-state index contributed by atoms with van der Waals surface area (Å²) >= 11 is 1.63. The largest absolute Gasteiger partial charge is 0.377 e. The predicted octanol–water partition coefficient (Wildman–Crippen LogP) is 3.78. The van der Waals surface area contributed by atoms with Crippen LogP contribution in [0, 0.1) is 6.92 Å². The summed E-state index contributed by atoms with van der Waals surface area (Å²) in [4.78, 5) is 21.5. The molecule has 1 fully saturated rings. The molecule has 0 aliphatic carbocycles. The Morgan fingerprint density at radius 2 is 2.00 bits per heavy atom. The second kappa shape index (κ2) is 9.02. The van der Waals surface area contributed by atoms with E-state index in [9.17, 15) is 4.79 Å². The fourth-order valence-electron chi connectivity index (χ4n) is 4.07. The third-order valence-electron chi connectivity index (χ3n) is 5.69. The van der Waals surface area contributed by atoms with Gasteiger partial charge in [-0.05, 0) is 42.7 Å². The first-order valence-electron chi connectivity index (χ1n) is 10.5. The number of aryl methyl sites for hydroxylation is 1. The molecule has 1 atom stereocenters. The SMILES string of the molecule is Cc1ccc(C[C@@H]2COCCN2C(=O)c2ccccc2-n2nccn2)cc1-c1nccs1. The van der Waals surface area contributed by atoms with Gasteiger partial charge in [-0.2, -0.15) is 15.0 Å². The highest BCUT2D eigenvalue weighted by Gasteiger charge is 2.30. The second-order valence-corrected chi connectivity index (χ2v) is 8.65. The van der Waals surface area contributed by atoms with Gasteiger partial charge in [-0.15, -0.1) is 11.3 Å². The summed E-state index contributed by atoms with van der Waals surface area (Å²) in [7, 11) is 0. The van der Waals surface area contributed by atoms with Crippen molar-refractivity contribution < 1.29 is 9.53 Å². The lowest BCUT2D eigenvalue weighted by molar-refractivity contribution is -0.00164. The van der Waals surface area contributed by atoms with Crippen molar-refractivity contribution in [1.82, 2.24) is 24.9 Å². The van der Waals surface area contributed by atoms with Crippen molar-refractivity contribution in [1.29, 1.82) is 0 Å². The number of carbonyl (C=O) groups excluding carboxylic acids is 1. The normalized spacial score (nSPS) is 16.3. The molecule has 0 spiro atoms. The molecule has 7 nitrogen and oxygen atoms in total. The molecule has 2 aromatic heterocycles. The highest BCUT2D eigenvalue weighted by atomic mass is 32.1. The number of benzene rings is 2. The van der Waals surface area contributed by atoms with Gasteiger partial charge in [-0.3, -0.25) is 4.79 Å². The van der Waals surface area contributed by atoms with Crippen LogP contribution in [0.25, 0.3) is 16.3 Å². The Labute approximate surface area is 190 Å². The zero-order valence-electron chi connectivity index (χ0n) is 17.7. The quantitative estimate of drug-likeness (QED) is 0.467. The van der Waals surface area contributed by atoms with Crippen molar-refractivity contribution in [3.05, 3.63) is 83.1 Å². The number of amides is 1. The molecule has 5 rings (SSSR count). The minimum absolute atomic E-state index is 0.0292. The number of rotatable bonds is 5. The maximum absolute atomic E-state index is 13.6. The molecule has 1 saturated heterocycles. The van der Waals surface area contributed by atoms with Gasteiger partial charge in [-0.25, -0.2) is 4.98 Å². The zero-order chi connectivity index (χ0) is 21.9. The first kappa shape index (κ1) is 20.5. The van der Waals surface area contributed by atoms with Gasteiger partial charge >= 0.3 is 0 Å². The highest BCUT2D eigenvalue weighted by molar-refractivity contribution is 7.13. The van der Waals surface area contributed by atoms with Crippen LogP contribution >= 0.6 is 11.3 Å². The summed E-state index contributed by atoms with van der Waals surface area (Å²) in [6, 6.07) is 13.8. The Bertz CT molecular complexity index is 1210. The van der Waals surface area contributed by atoms with Crippen LogP contribution in [0.5, 0.6) is 0 Å². The number of hydrogen-bond acceptors (Lipinski definition) is 6. The van der Waals surface area contributed by atoms with Crippen molar-refractivity contribution in [3.8, 4) is 16.3 Å². The van der Waals surface area contributed by atoms with Crippen molar-refractivity contribution in [2.24, 2.45) is 0 Å². The molecule has 2 aromatic carbocycles. The Morgan fingerprint density at radius 1 is 1.16 bits per heavy atom. The molecule has 0 N–H and O–H groups in total. The van der Waals surface area contributed by atoms with E-state index in [1.165, 1.54) is 10.4 Å². The average Bonchev–Trinajstić information content (AvgIpc) is 3.55. The summed E-state index contributed by atoms with van der Waals surface area (Å²) in [5.41, 5.74) is 4.76.